The normalized spacial score (nSPS) is 14.4. The van der Waals surface area contributed by atoms with E-state index in [2.05, 4.69) is 15.6 Å². The molecule has 0 bridgehead atoms. The van der Waals surface area contributed by atoms with E-state index in [1.54, 1.807) is 36.5 Å². The molecule has 0 aliphatic heterocycles. The lowest BCUT2D eigenvalue weighted by molar-refractivity contribution is -0.137. The van der Waals surface area contributed by atoms with Crippen molar-refractivity contribution in [3.63, 3.8) is 0 Å². The first-order valence-corrected chi connectivity index (χ1v) is 12.1. The van der Waals surface area contributed by atoms with Gasteiger partial charge < -0.3 is 29.6 Å². The zero-order valence-corrected chi connectivity index (χ0v) is 20.5. The molecule has 0 spiro atoms. The number of nitrogens with zero attached hydrogens (tertiary/aromatic N) is 1. The summed E-state index contributed by atoms with van der Waals surface area (Å²) < 4.78 is 16.5. The molecule has 1 heterocycles. The zero-order valence-electron chi connectivity index (χ0n) is 20.5. The molecule has 1 aliphatic rings. The molecule has 1 fully saturated rings. The minimum atomic E-state index is -1.00. The Labute approximate surface area is 214 Å². The molecule has 3 aromatic rings. The minimum Gasteiger partial charge on any atom is -0.496 e. The van der Waals surface area contributed by atoms with Crippen LogP contribution >= 0.6 is 0 Å². The second-order valence-electron chi connectivity index (χ2n) is 8.96. The van der Waals surface area contributed by atoms with Gasteiger partial charge in [-0.2, -0.15) is 0 Å². The van der Waals surface area contributed by atoms with Gasteiger partial charge >= 0.3 is 17.8 Å². The van der Waals surface area contributed by atoms with Crippen LogP contribution in [0.1, 0.15) is 48.9 Å². The molecule has 3 N–H and O–H groups in total. The standard InChI is InChI=1S/C27H29N3O7/c1-35-22-15-19(7-10-21(22)23-16-28-17-37-23)29-24(31)25(32)30-27(11-3-2-4-12-27)13-14-36-20-8-5-18(6-9-20)26(33)34/h5-10,15-17H,2-4,11-14H2,1H3,(H,29,31)(H,30,32)(H,33,34). The highest BCUT2D eigenvalue weighted by molar-refractivity contribution is 6.39. The Balaban J connectivity index is 1.37. The van der Waals surface area contributed by atoms with Crippen LogP contribution in [0.2, 0.25) is 0 Å². The molecule has 1 saturated carbocycles. The number of carboxylic acids is 1. The number of anilines is 1. The molecule has 0 atom stereocenters. The summed E-state index contributed by atoms with van der Waals surface area (Å²) in [5, 5.41) is 14.6. The van der Waals surface area contributed by atoms with Crippen LogP contribution in [0.5, 0.6) is 11.5 Å². The number of ether oxygens (including phenoxy) is 2. The van der Waals surface area contributed by atoms with Gasteiger partial charge in [-0.3, -0.25) is 9.59 Å². The van der Waals surface area contributed by atoms with Crippen molar-refractivity contribution in [2.75, 3.05) is 19.0 Å². The van der Waals surface area contributed by atoms with Gasteiger partial charge in [-0.25, -0.2) is 9.78 Å². The van der Waals surface area contributed by atoms with Gasteiger partial charge in [0.1, 0.15) is 11.5 Å². The number of carbonyl (C=O) groups is 3. The summed E-state index contributed by atoms with van der Waals surface area (Å²) in [6, 6.07) is 11.2. The van der Waals surface area contributed by atoms with Crippen LogP contribution in [0.25, 0.3) is 11.3 Å². The van der Waals surface area contributed by atoms with E-state index in [0.29, 0.717) is 41.5 Å². The summed E-state index contributed by atoms with van der Waals surface area (Å²) in [5.74, 6) is -0.963. The van der Waals surface area contributed by atoms with E-state index in [1.807, 2.05) is 0 Å². The van der Waals surface area contributed by atoms with Crippen molar-refractivity contribution in [2.45, 2.75) is 44.1 Å². The zero-order chi connectivity index (χ0) is 26.3. The van der Waals surface area contributed by atoms with E-state index >= 15 is 0 Å². The van der Waals surface area contributed by atoms with Gasteiger partial charge in [0.05, 0.1) is 31.0 Å². The van der Waals surface area contributed by atoms with Crippen LogP contribution in [0, 0.1) is 0 Å². The molecule has 37 heavy (non-hydrogen) atoms. The van der Waals surface area contributed by atoms with E-state index in [0.717, 1.165) is 32.1 Å². The van der Waals surface area contributed by atoms with Crippen molar-refractivity contribution < 1.29 is 33.4 Å². The van der Waals surface area contributed by atoms with Gasteiger partial charge in [-0.1, -0.05) is 19.3 Å². The number of hydrogen-bond acceptors (Lipinski definition) is 7. The highest BCUT2D eigenvalue weighted by Crippen LogP contribution is 2.33. The van der Waals surface area contributed by atoms with Gasteiger partial charge in [0.2, 0.25) is 0 Å². The Kier molecular flexibility index (Phi) is 8.07. The summed E-state index contributed by atoms with van der Waals surface area (Å²) >= 11 is 0. The minimum absolute atomic E-state index is 0.180. The molecule has 0 unspecified atom stereocenters. The number of oxazole rings is 1. The van der Waals surface area contributed by atoms with Crippen molar-refractivity contribution in [1.82, 2.24) is 10.3 Å². The smallest absolute Gasteiger partial charge is 0.335 e. The first kappa shape index (κ1) is 25.7. The van der Waals surface area contributed by atoms with Crippen molar-refractivity contribution in [1.29, 1.82) is 0 Å². The molecule has 0 radical (unpaired) electrons. The van der Waals surface area contributed by atoms with Gasteiger partial charge in [0, 0.05) is 23.7 Å². The number of rotatable bonds is 9. The Bertz CT molecular complexity index is 1230. The van der Waals surface area contributed by atoms with Gasteiger partial charge in [0.15, 0.2) is 12.2 Å². The molecule has 10 heteroatoms. The lowest BCUT2D eigenvalue weighted by Crippen LogP contribution is -2.53. The quantitative estimate of drug-likeness (QED) is 0.365. The third kappa shape index (κ3) is 6.46. The van der Waals surface area contributed by atoms with Crippen molar-refractivity contribution in [2.24, 2.45) is 0 Å². The predicted molar refractivity (Wildman–Crippen MR) is 135 cm³/mol. The monoisotopic (exact) mass is 507 g/mol. The topological polar surface area (TPSA) is 140 Å². The van der Waals surface area contributed by atoms with E-state index in [-0.39, 0.29) is 5.56 Å². The molecular weight excluding hydrogens is 478 g/mol. The molecular formula is C27H29N3O7. The number of aromatic carboxylic acids is 1. The van der Waals surface area contributed by atoms with Gasteiger partial charge in [0.25, 0.3) is 0 Å². The fourth-order valence-corrected chi connectivity index (χ4v) is 4.53. The van der Waals surface area contributed by atoms with Gasteiger partial charge in [-0.05, 0) is 49.2 Å². The Hall–Kier alpha value is -4.34. The van der Waals surface area contributed by atoms with Crippen molar-refractivity contribution in [3.8, 4) is 22.8 Å². The fraction of sp³-hybridized carbons (Fsp3) is 0.333. The first-order valence-electron chi connectivity index (χ1n) is 12.1. The lowest BCUT2D eigenvalue weighted by Gasteiger charge is -2.38. The van der Waals surface area contributed by atoms with Crippen LogP contribution in [-0.2, 0) is 9.59 Å². The van der Waals surface area contributed by atoms with Crippen LogP contribution < -0.4 is 20.1 Å². The first-order chi connectivity index (χ1) is 17.9. The predicted octanol–water partition coefficient (Wildman–Crippen LogP) is 4.28. The van der Waals surface area contributed by atoms with Crippen LogP contribution in [0.15, 0.2) is 59.5 Å². The molecule has 1 aliphatic carbocycles. The number of aromatic nitrogens is 1. The van der Waals surface area contributed by atoms with Crippen molar-refractivity contribution in [3.05, 3.63) is 60.6 Å². The maximum absolute atomic E-state index is 12.9. The highest BCUT2D eigenvalue weighted by atomic mass is 16.5. The summed E-state index contributed by atoms with van der Waals surface area (Å²) in [4.78, 5) is 40.6. The summed E-state index contributed by atoms with van der Waals surface area (Å²) in [5.41, 5.74) is 0.702. The molecule has 10 nitrogen and oxygen atoms in total. The number of carbonyl (C=O) groups excluding carboxylic acids is 2. The van der Waals surface area contributed by atoms with Crippen molar-refractivity contribution >= 4 is 23.5 Å². The molecule has 194 valence electrons. The maximum atomic E-state index is 12.9. The average Bonchev–Trinajstić information content (AvgIpc) is 3.44. The molecule has 2 aromatic carbocycles. The Morgan fingerprint density at radius 3 is 2.46 bits per heavy atom. The van der Waals surface area contributed by atoms with Crippen LogP contribution in [0.4, 0.5) is 5.69 Å². The van der Waals surface area contributed by atoms with E-state index in [4.69, 9.17) is 19.0 Å². The Morgan fingerprint density at radius 1 is 1.05 bits per heavy atom. The van der Waals surface area contributed by atoms with Crippen LogP contribution in [-0.4, -0.2) is 47.1 Å². The van der Waals surface area contributed by atoms with Gasteiger partial charge in [-0.15, -0.1) is 0 Å². The number of hydrogen-bond donors (Lipinski definition) is 3. The molecule has 0 saturated heterocycles. The molecule has 2 amide bonds. The Morgan fingerprint density at radius 2 is 1.81 bits per heavy atom. The number of benzene rings is 2. The largest absolute Gasteiger partial charge is 0.496 e. The van der Waals surface area contributed by atoms with E-state index < -0.39 is 23.3 Å². The summed E-state index contributed by atoms with van der Waals surface area (Å²) in [6.07, 6.45) is 7.83. The van der Waals surface area contributed by atoms with E-state index in [1.165, 1.54) is 25.6 Å². The van der Waals surface area contributed by atoms with Crippen LogP contribution in [0.3, 0.4) is 0 Å². The summed E-state index contributed by atoms with van der Waals surface area (Å²) in [7, 11) is 1.50. The maximum Gasteiger partial charge on any atom is 0.335 e. The third-order valence-corrected chi connectivity index (χ3v) is 6.50. The second-order valence-corrected chi connectivity index (χ2v) is 8.96. The molecule has 4 rings (SSSR count). The third-order valence-electron chi connectivity index (χ3n) is 6.50. The number of carboxylic acid groups (broad SMARTS) is 1. The lowest BCUT2D eigenvalue weighted by atomic mass is 9.79. The number of methoxy groups -OCH3 is 1. The van der Waals surface area contributed by atoms with E-state index in [9.17, 15) is 14.4 Å². The molecule has 1 aromatic heterocycles. The SMILES string of the molecule is COc1cc(NC(=O)C(=O)NC2(CCOc3ccc(C(=O)O)cc3)CCCCC2)ccc1-c1cnco1. The highest BCUT2D eigenvalue weighted by Gasteiger charge is 2.35. The summed E-state index contributed by atoms with van der Waals surface area (Å²) in [6.45, 7) is 0.314. The second kappa shape index (κ2) is 11.6. The fourth-order valence-electron chi connectivity index (χ4n) is 4.53. The number of amides is 2. The number of nitrogens with one attached hydrogen (secondary N) is 2. The average molecular weight is 508 g/mol.